The molecule has 0 aromatic heterocycles. The summed E-state index contributed by atoms with van der Waals surface area (Å²) < 4.78 is 10.8. The molecular formula is C12H23BO2. The first-order valence-corrected chi connectivity index (χ1v) is 6.08. The van der Waals surface area contributed by atoms with Crippen LogP contribution in [0.3, 0.4) is 0 Å². The van der Waals surface area contributed by atoms with Crippen LogP contribution in [0.15, 0.2) is 0 Å². The minimum atomic E-state index is 0.00130. The third kappa shape index (κ3) is 1.55. The van der Waals surface area contributed by atoms with E-state index in [1.54, 1.807) is 14.2 Å². The lowest BCUT2D eigenvalue weighted by Crippen LogP contribution is -2.56. The van der Waals surface area contributed by atoms with E-state index in [9.17, 15) is 0 Å². The van der Waals surface area contributed by atoms with Gasteiger partial charge in [0.2, 0.25) is 0 Å². The highest BCUT2D eigenvalue weighted by Crippen LogP contribution is 2.65. The van der Waals surface area contributed by atoms with E-state index in [0.717, 1.165) is 17.8 Å². The Labute approximate surface area is 93.9 Å². The summed E-state index contributed by atoms with van der Waals surface area (Å²) in [4.78, 5) is 0. The van der Waals surface area contributed by atoms with Crippen LogP contribution in [0.1, 0.15) is 33.6 Å². The zero-order valence-corrected chi connectivity index (χ0v) is 10.6. The SMILES string of the molecule is COB(OC)[C@H]1C[C@@H]2C[C@H]([C@@H]1C)C2(C)C. The van der Waals surface area contributed by atoms with Gasteiger partial charge in [0.15, 0.2) is 0 Å². The quantitative estimate of drug-likeness (QED) is 0.667. The molecule has 0 saturated heterocycles. The van der Waals surface area contributed by atoms with E-state index >= 15 is 0 Å². The van der Waals surface area contributed by atoms with Crippen molar-refractivity contribution in [3.05, 3.63) is 0 Å². The highest BCUT2D eigenvalue weighted by molar-refractivity contribution is 6.46. The largest absolute Gasteiger partial charge is 0.460 e. The average Bonchev–Trinajstić information content (AvgIpc) is 2.21. The van der Waals surface area contributed by atoms with Crippen molar-refractivity contribution >= 4 is 7.12 Å². The van der Waals surface area contributed by atoms with Crippen LogP contribution in [0.2, 0.25) is 5.82 Å². The van der Waals surface area contributed by atoms with E-state index in [2.05, 4.69) is 20.8 Å². The standard InChI is InChI=1S/C12H23BO2/c1-8-10-6-9(12(10,2)3)7-11(8)13(14-4)15-5/h8-11H,6-7H2,1-5H3/t8-,9-,10+,11-/m0/s1. The molecule has 0 heterocycles. The van der Waals surface area contributed by atoms with E-state index in [1.165, 1.54) is 12.8 Å². The molecule has 0 aromatic carbocycles. The van der Waals surface area contributed by atoms with Gasteiger partial charge in [0.1, 0.15) is 0 Å². The third-order valence-corrected chi connectivity index (χ3v) is 5.23. The van der Waals surface area contributed by atoms with Gasteiger partial charge in [-0.25, -0.2) is 0 Å². The van der Waals surface area contributed by atoms with Gasteiger partial charge < -0.3 is 9.31 Å². The summed E-state index contributed by atoms with van der Waals surface area (Å²) in [6, 6.07) is 0. The Bertz CT molecular complexity index is 238. The van der Waals surface area contributed by atoms with Crippen molar-refractivity contribution in [1.82, 2.24) is 0 Å². The minimum Gasteiger partial charge on any atom is -0.414 e. The Kier molecular flexibility index (Phi) is 2.89. The summed E-state index contributed by atoms with van der Waals surface area (Å²) in [6.07, 6.45) is 2.70. The molecule has 3 fully saturated rings. The topological polar surface area (TPSA) is 18.5 Å². The first kappa shape index (κ1) is 11.5. The number of hydrogen-bond donors (Lipinski definition) is 0. The fourth-order valence-corrected chi connectivity index (χ4v) is 3.99. The fraction of sp³-hybridized carbons (Fsp3) is 1.00. The molecule has 3 heteroatoms. The molecule has 0 aromatic rings. The van der Waals surface area contributed by atoms with E-state index in [-0.39, 0.29) is 7.12 Å². The molecule has 0 aliphatic heterocycles. The van der Waals surface area contributed by atoms with Crippen LogP contribution in [0.25, 0.3) is 0 Å². The lowest BCUT2D eigenvalue weighted by molar-refractivity contribution is -0.103. The maximum atomic E-state index is 5.42. The average molecular weight is 210 g/mol. The Morgan fingerprint density at radius 3 is 2.13 bits per heavy atom. The molecule has 3 saturated carbocycles. The molecule has 0 amide bonds. The van der Waals surface area contributed by atoms with E-state index < -0.39 is 0 Å². The second kappa shape index (κ2) is 3.78. The van der Waals surface area contributed by atoms with Gasteiger partial charge in [-0.15, -0.1) is 0 Å². The Morgan fingerprint density at radius 1 is 1.13 bits per heavy atom. The Morgan fingerprint density at radius 2 is 1.73 bits per heavy atom. The zero-order valence-electron chi connectivity index (χ0n) is 10.6. The number of fused-ring (bicyclic) bond motifs is 2. The molecule has 15 heavy (non-hydrogen) atoms. The van der Waals surface area contributed by atoms with E-state index in [0.29, 0.717) is 11.2 Å². The second-order valence-electron chi connectivity index (χ2n) is 5.96. The van der Waals surface area contributed by atoms with Crippen LogP contribution < -0.4 is 0 Å². The van der Waals surface area contributed by atoms with Crippen molar-refractivity contribution in [2.24, 2.45) is 23.2 Å². The number of hydrogen-bond acceptors (Lipinski definition) is 2. The van der Waals surface area contributed by atoms with Gasteiger partial charge in [0.05, 0.1) is 0 Å². The lowest BCUT2D eigenvalue weighted by atomic mass is 9.39. The predicted molar refractivity (Wildman–Crippen MR) is 62.7 cm³/mol. The second-order valence-corrected chi connectivity index (χ2v) is 5.96. The van der Waals surface area contributed by atoms with Gasteiger partial charge in [-0.2, -0.15) is 0 Å². The molecule has 0 N–H and O–H groups in total. The highest BCUT2D eigenvalue weighted by Gasteiger charge is 2.58. The van der Waals surface area contributed by atoms with Crippen molar-refractivity contribution in [2.45, 2.75) is 39.4 Å². The summed E-state index contributed by atoms with van der Waals surface area (Å²) in [5, 5.41) is 0. The molecule has 2 bridgehead atoms. The maximum Gasteiger partial charge on any atom is 0.460 e. The Balaban J connectivity index is 2.08. The van der Waals surface area contributed by atoms with Crippen LogP contribution >= 0.6 is 0 Å². The van der Waals surface area contributed by atoms with Crippen molar-refractivity contribution in [3.63, 3.8) is 0 Å². The number of rotatable bonds is 3. The molecular weight excluding hydrogens is 187 g/mol. The highest BCUT2D eigenvalue weighted by atomic mass is 16.6. The van der Waals surface area contributed by atoms with Gasteiger partial charge in [-0.05, 0) is 41.8 Å². The van der Waals surface area contributed by atoms with Gasteiger partial charge in [-0.1, -0.05) is 20.8 Å². The van der Waals surface area contributed by atoms with Crippen LogP contribution in [0.4, 0.5) is 0 Å². The molecule has 0 unspecified atom stereocenters. The van der Waals surface area contributed by atoms with Crippen LogP contribution in [-0.4, -0.2) is 21.3 Å². The van der Waals surface area contributed by atoms with Crippen molar-refractivity contribution in [1.29, 1.82) is 0 Å². The van der Waals surface area contributed by atoms with E-state index in [4.69, 9.17) is 9.31 Å². The van der Waals surface area contributed by atoms with Gasteiger partial charge >= 0.3 is 7.12 Å². The summed E-state index contributed by atoms with van der Waals surface area (Å²) in [6.45, 7) is 7.22. The summed E-state index contributed by atoms with van der Waals surface area (Å²) in [5.74, 6) is 3.08. The van der Waals surface area contributed by atoms with Crippen LogP contribution in [-0.2, 0) is 9.31 Å². The first-order chi connectivity index (χ1) is 7.02. The summed E-state index contributed by atoms with van der Waals surface area (Å²) >= 11 is 0. The molecule has 3 rings (SSSR count). The lowest BCUT2D eigenvalue weighted by Gasteiger charge is -2.62. The molecule has 4 atom stereocenters. The normalized spacial score (nSPS) is 42.2. The predicted octanol–water partition coefficient (Wildman–Crippen LogP) is 2.84. The van der Waals surface area contributed by atoms with Crippen LogP contribution in [0, 0.1) is 23.2 Å². The smallest absolute Gasteiger partial charge is 0.414 e. The summed E-state index contributed by atoms with van der Waals surface area (Å²) in [7, 11) is 3.51. The molecule has 0 radical (unpaired) electrons. The molecule has 3 aliphatic rings. The third-order valence-electron chi connectivity index (χ3n) is 5.23. The van der Waals surface area contributed by atoms with Crippen molar-refractivity contribution < 1.29 is 9.31 Å². The summed E-state index contributed by atoms with van der Waals surface area (Å²) in [5.41, 5.74) is 0.557. The minimum absolute atomic E-state index is 0.00130. The molecule has 86 valence electrons. The molecule has 2 nitrogen and oxygen atoms in total. The molecule has 0 spiro atoms. The van der Waals surface area contributed by atoms with Gasteiger partial charge in [0.25, 0.3) is 0 Å². The Hall–Kier alpha value is -0.0151. The fourth-order valence-electron chi connectivity index (χ4n) is 3.99. The maximum absolute atomic E-state index is 5.42. The van der Waals surface area contributed by atoms with Crippen molar-refractivity contribution in [3.8, 4) is 0 Å². The van der Waals surface area contributed by atoms with Crippen LogP contribution in [0.5, 0.6) is 0 Å². The van der Waals surface area contributed by atoms with Gasteiger partial charge in [0, 0.05) is 14.2 Å². The molecule has 3 aliphatic carbocycles. The van der Waals surface area contributed by atoms with E-state index in [1.807, 2.05) is 0 Å². The van der Waals surface area contributed by atoms with Crippen molar-refractivity contribution in [2.75, 3.05) is 14.2 Å². The first-order valence-electron chi connectivity index (χ1n) is 6.08. The zero-order chi connectivity index (χ0) is 11.2. The van der Waals surface area contributed by atoms with Gasteiger partial charge in [-0.3, -0.25) is 0 Å². The monoisotopic (exact) mass is 210 g/mol.